The highest BCUT2D eigenvalue weighted by atomic mass is 19.1. The van der Waals surface area contributed by atoms with Crippen LogP contribution in [-0.4, -0.2) is 64.9 Å². The summed E-state index contributed by atoms with van der Waals surface area (Å²) in [5.41, 5.74) is -1.39. The monoisotopic (exact) mass is 554 g/mol. The van der Waals surface area contributed by atoms with Gasteiger partial charge in [0.2, 0.25) is 11.3 Å². The van der Waals surface area contributed by atoms with Gasteiger partial charge in [0.1, 0.15) is 17.1 Å². The zero-order valence-electron chi connectivity index (χ0n) is 21.9. The van der Waals surface area contributed by atoms with E-state index in [0.29, 0.717) is 25.0 Å². The summed E-state index contributed by atoms with van der Waals surface area (Å²) in [6.07, 6.45) is 8.19. The molecule has 0 saturated carbocycles. The van der Waals surface area contributed by atoms with Crippen LogP contribution >= 0.6 is 0 Å². The fourth-order valence-corrected chi connectivity index (χ4v) is 5.10. The number of nitrogens with one attached hydrogen (secondary N) is 1. The first kappa shape index (κ1) is 27.4. The van der Waals surface area contributed by atoms with E-state index in [1.807, 2.05) is 12.2 Å². The van der Waals surface area contributed by atoms with Crippen molar-refractivity contribution in [3.05, 3.63) is 69.4 Å². The number of fused-ring (bicyclic) bond motifs is 4. The maximum Gasteiger partial charge on any atom is 0.278 e. The predicted octanol–water partition coefficient (Wildman–Crippen LogP) is 2.19. The second-order valence-corrected chi connectivity index (χ2v) is 9.85. The molecule has 1 fully saturated rings. The third kappa shape index (κ3) is 5.44. The SMILES string of the molecule is O=C1NCc2ccc(F)cc2OCC/C=C\CCCCCC(=O)N2[C@@H]3COCCN3C(=O)c3c(O)c(=O)c1cn32. The van der Waals surface area contributed by atoms with Crippen LogP contribution in [-0.2, 0) is 16.1 Å². The molecular formula is C28H31FN4O7. The Morgan fingerprint density at radius 1 is 1.02 bits per heavy atom. The second kappa shape index (κ2) is 11.9. The van der Waals surface area contributed by atoms with Crippen molar-refractivity contribution < 1.29 is 33.4 Å². The summed E-state index contributed by atoms with van der Waals surface area (Å²) in [4.78, 5) is 54.5. The molecule has 1 atom stereocenters. The average molecular weight is 555 g/mol. The van der Waals surface area contributed by atoms with Gasteiger partial charge in [-0.3, -0.25) is 19.2 Å². The van der Waals surface area contributed by atoms with Crippen molar-refractivity contribution >= 4 is 17.7 Å². The second-order valence-electron chi connectivity index (χ2n) is 9.85. The number of halogens is 1. The van der Waals surface area contributed by atoms with Gasteiger partial charge in [-0.25, -0.2) is 14.1 Å². The number of hydrogen-bond acceptors (Lipinski definition) is 7. The Balaban J connectivity index is 1.54. The van der Waals surface area contributed by atoms with Gasteiger partial charge in [0.15, 0.2) is 17.6 Å². The smallest absolute Gasteiger partial charge is 0.278 e. The Labute approximate surface area is 229 Å². The Hall–Kier alpha value is -4.19. The molecule has 0 spiro atoms. The summed E-state index contributed by atoms with van der Waals surface area (Å²) in [5, 5.41) is 14.7. The number of benzene rings is 1. The van der Waals surface area contributed by atoms with Gasteiger partial charge in [-0.1, -0.05) is 24.6 Å². The lowest BCUT2D eigenvalue weighted by Crippen LogP contribution is -2.67. The van der Waals surface area contributed by atoms with E-state index < -0.39 is 40.5 Å². The highest BCUT2D eigenvalue weighted by Crippen LogP contribution is 2.28. The zero-order chi connectivity index (χ0) is 28.2. The summed E-state index contributed by atoms with van der Waals surface area (Å²) in [5.74, 6) is -2.96. The standard InChI is InChI=1S/C28H31FN4O7/c29-19-10-9-18-15-30-27(37)20-16-32-24(26(36)25(20)35)28(38)31-11-13-39-17-22(31)33(32)23(34)8-6-4-2-1-3-5-7-12-40-21(18)14-19/h3,5,9-10,14,16,22,36H,1-2,4,6-8,11-13,15,17H2,(H,30,37)/b5-3-/t22-/m1/s1. The van der Waals surface area contributed by atoms with Gasteiger partial charge >= 0.3 is 0 Å². The lowest BCUT2D eigenvalue weighted by molar-refractivity contribution is -0.124. The van der Waals surface area contributed by atoms with E-state index in [1.54, 1.807) is 0 Å². The summed E-state index contributed by atoms with van der Waals surface area (Å²) in [7, 11) is 0. The summed E-state index contributed by atoms with van der Waals surface area (Å²) >= 11 is 0. The first-order valence-corrected chi connectivity index (χ1v) is 13.4. The number of pyridine rings is 1. The van der Waals surface area contributed by atoms with Crippen LogP contribution in [0.3, 0.4) is 0 Å². The summed E-state index contributed by atoms with van der Waals surface area (Å²) in [6.45, 7) is 0.679. The molecule has 2 bridgehead atoms. The Morgan fingerprint density at radius 3 is 2.70 bits per heavy atom. The third-order valence-corrected chi connectivity index (χ3v) is 7.18. The number of ether oxygens (including phenoxy) is 2. The number of allylic oxidation sites excluding steroid dienone is 1. The van der Waals surface area contributed by atoms with Crippen molar-refractivity contribution in [1.29, 1.82) is 0 Å². The van der Waals surface area contributed by atoms with Crippen molar-refractivity contribution in [3.63, 3.8) is 0 Å². The first-order chi connectivity index (χ1) is 19.4. The van der Waals surface area contributed by atoms with E-state index >= 15 is 0 Å². The quantitative estimate of drug-likeness (QED) is 0.478. The molecule has 1 aromatic carbocycles. The molecule has 2 N–H and O–H groups in total. The molecule has 0 radical (unpaired) electrons. The number of carbonyl (C=O) groups is 3. The molecule has 0 unspecified atom stereocenters. The van der Waals surface area contributed by atoms with Crippen molar-refractivity contribution in [2.75, 3.05) is 31.4 Å². The minimum atomic E-state index is -1.04. The molecule has 3 amide bonds. The zero-order valence-corrected chi connectivity index (χ0v) is 21.9. The molecule has 3 aliphatic heterocycles. The topological polar surface area (TPSA) is 130 Å². The maximum absolute atomic E-state index is 13.9. The van der Waals surface area contributed by atoms with Gasteiger partial charge in [0.25, 0.3) is 11.8 Å². The predicted molar refractivity (Wildman–Crippen MR) is 141 cm³/mol. The minimum Gasteiger partial charge on any atom is -0.502 e. The van der Waals surface area contributed by atoms with Crippen molar-refractivity contribution in [2.45, 2.75) is 51.2 Å². The highest BCUT2D eigenvalue weighted by Gasteiger charge is 2.44. The Bertz CT molecular complexity index is 1410. The van der Waals surface area contributed by atoms with E-state index in [1.165, 1.54) is 28.1 Å². The fraction of sp³-hybridized carbons (Fsp3) is 0.429. The number of amides is 3. The van der Waals surface area contributed by atoms with Gasteiger partial charge in [0, 0.05) is 37.3 Å². The fourth-order valence-electron chi connectivity index (χ4n) is 5.10. The van der Waals surface area contributed by atoms with Crippen LogP contribution in [0.5, 0.6) is 11.5 Å². The van der Waals surface area contributed by atoms with Crippen LogP contribution < -0.4 is 20.5 Å². The molecule has 5 rings (SSSR count). The number of rotatable bonds is 0. The van der Waals surface area contributed by atoms with Crippen LogP contribution in [0.1, 0.15) is 64.9 Å². The van der Waals surface area contributed by atoms with Crippen molar-refractivity contribution in [3.8, 4) is 11.5 Å². The number of hydrogen-bond donors (Lipinski definition) is 2. The van der Waals surface area contributed by atoms with Crippen LogP contribution in [0.4, 0.5) is 4.39 Å². The molecule has 1 aromatic heterocycles. The minimum absolute atomic E-state index is 0.0451. The van der Waals surface area contributed by atoms with E-state index in [-0.39, 0.29) is 50.1 Å². The van der Waals surface area contributed by atoms with Gasteiger partial charge in [-0.05, 0) is 31.7 Å². The highest BCUT2D eigenvalue weighted by molar-refractivity contribution is 6.01. The van der Waals surface area contributed by atoms with Crippen LogP contribution in [0.2, 0.25) is 0 Å². The lowest BCUT2D eigenvalue weighted by atomic mass is 10.1. The molecule has 0 aliphatic carbocycles. The number of aromatic nitrogens is 1. The number of morpholine rings is 1. The van der Waals surface area contributed by atoms with E-state index in [2.05, 4.69) is 5.32 Å². The number of nitrogens with zero attached hydrogens (tertiary/aromatic N) is 3. The van der Waals surface area contributed by atoms with Crippen LogP contribution in [0.15, 0.2) is 41.3 Å². The molecule has 4 heterocycles. The Kier molecular flexibility index (Phi) is 8.15. The number of carbonyl (C=O) groups excluding carboxylic acids is 3. The van der Waals surface area contributed by atoms with Crippen molar-refractivity contribution in [2.24, 2.45) is 0 Å². The molecule has 2 aromatic rings. The Morgan fingerprint density at radius 2 is 1.85 bits per heavy atom. The molecular weight excluding hydrogens is 523 g/mol. The van der Waals surface area contributed by atoms with E-state index in [0.717, 1.165) is 30.1 Å². The molecule has 40 heavy (non-hydrogen) atoms. The van der Waals surface area contributed by atoms with Gasteiger partial charge < -0.3 is 24.8 Å². The molecule has 11 nitrogen and oxygen atoms in total. The van der Waals surface area contributed by atoms with Gasteiger partial charge in [0.05, 0.1) is 19.8 Å². The van der Waals surface area contributed by atoms with Crippen molar-refractivity contribution in [1.82, 2.24) is 14.9 Å². The lowest BCUT2D eigenvalue weighted by Gasteiger charge is -2.47. The summed E-state index contributed by atoms with van der Waals surface area (Å²) in [6, 6.07) is 3.93. The molecule has 3 aliphatic rings. The van der Waals surface area contributed by atoms with Gasteiger partial charge in [-0.15, -0.1) is 0 Å². The molecule has 12 heteroatoms. The maximum atomic E-state index is 13.9. The first-order valence-electron chi connectivity index (χ1n) is 13.4. The molecule has 1 saturated heterocycles. The molecule has 212 valence electrons. The largest absolute Gasteiger partial charge is 0.502 e. The van der Waals surface area contributed by atoms with Gasteiger partial charge in [-0.2, -0.15) is 0 Å². The average Bonchev–Trinajstić information content (AvgIpc) is 2.94. The van der Waals surface area contributed by atoms with Crippen LogP contribution in [0, 0.1) is 5.82 Å². The van der Waals surface area contributed by atoms with E-state index in [9.17, 15) is 28.7 Å². The number of aromatic hydroxyl groups is 1. The normalized spacial score (nSPS) is 21.5. The van der Waals surface area contributed by atoms with Crippen LogP contribution in [0.25, 0.3) is 0 Å². The van der Waals surface area contributed by atoms with E-state index in [4.69, 9.17) is 9.47 Å². The summed E-state index contributed by atoms with van der Waals surface area (Å²) < 4.78 is 26.3. The third-order valence-electron chi connectivity index (χ3n) is 7.18.